The second-order valence-corrected chi connectivity index (χ2v) is 5.92. The zero-order chi connectivity index (χ0) is 15.4. The third kappa shape index (κ3) is 4.03. The van der Waals surface area contributed by atoms with Crippen LogP contribution in [0.2, 0.25) is 0 Å². The summed E-state index contributed by atoms with van der Waals surface area (Å²) in [4.78, 5) is 27.3. The third-order valence-electron chi connectivity index (χ3n) is 4.14. The second-order valence-electron chi connectivity index (χ2n) is 5.92. The predicted octanol–water partition coefficient (Wildman–Crippen LogP) is 2.79. The second kappa shape index (κ2) is 6.70. The maximum atomic E-state index is 12.2. The highest BCUT2D eigenvalue weighted by atomic mass is 16.4. The Morgan fingerprint density at radius 2 is 2.00 bits per heavy atom. The van der Waals surface area contributed by atoms with E-state index in [2.05, 4.69) is 17.2 Å². The van der Waals surface area contributed by atoms with E-state index in [1.54, 1.807) is 6.92 Å². The molecule has 0 radical (unpaired) electrons. The molecule has 2 unspecified atom stereocenters. The summed E-state index contributed by atoms with van der Waals surface area (Å²) in [6.45, 7) is 3.85. The molecule has 1 fully saturated rings. The fourth-order valence-electron chi connectivity index (χ4n) is 2.80. The molecule has 0 aliphatic heterocycles. The van der Waals surface area contributed by atoms with Gasteiger partial charge in [0.15, 0.2) is 0 Å². The summed E-state index contributed by atoms with van der Waals surface area (Å²) in [5, 5.41) is 12.0. The van der Waals surface area contributed by atoms with E-state index in [4.69, 9.17) is 5.11 Å². The maximum absolute atomic E-state index is 12.2. The van der Waals surface area contributed by atoms with Crippen molar-refractivity contribution in [3.05, 3.63) is 29.1 Å². The van der Waals surface area contributed by atoms with E-state index < -0.39 is 5.97 Å². The summed E-state index contributed by atoms with van der Waals surface area (Å²) in [5.74, 6) is -0.513. The molecule has 114 valence electrons. The number of hydrogen-bond donors (Lipinski definition) is 2. The van der Waals surface area contributed by atoms with Gasteiger partial charge >= 0.3 is 5.97 Å². The molecule has 1 aliphatic carbocycles. The van der Waals surface area contributed by atoms with Crippen LogP contribution in [0.4, 0.5) is 0 Å². The van der Waals surface area contributed by atoms with Crippen LogP contribution in [0, 0.1) is 12.8 Å². The average molecular weight is 290 g/mol. The van der Waals surface area contributed by atoms with Crippen molar-refractivity contribution >= 4 is 11.9 Å². The molecule has 5 nitrogen and oxygen atoms in total. The molecule has 1 aromatic heterocycles. The van der Waals surface area contributed by atoms with Crippen LogP contribution in [0.3, 0.4) is 0 Å². The Labute approximate surface area is 124 Å². The van der Waals surface area contributed by atoms with E-state index in [-0.39, 0.29) is 23.2 Å². The molecule has 1 aromatic rings. The molecule has 1 aliphatic rings. The number of aryl methyl sites for hydroxylation is 1. The fraction of sp³-hybridized carbons (Fsp3) is 0.562. The minimum atomic E-state index is -1.02. The molecule has 2 rings (SSSR count). The Hall–Kier alpha value is -1.91. The monoisotopic (exact) mass is 290 g/mol. The molecule has 2 atom stereocenters. The van der Waals surface area contributed by atoms with Crippen molar-refractivity contribution in [3.63, 3.8) is 0 Å². The predicted molar refractivity (Wildman–Crippen MR) is 79.4 cm³/mol. The lowest BCUT2D eigenvalue weighted by molar-refractivity contribution is 0.0694. The van der Waals surface area contributed by atoms with Crippen molar-refractivity contribution in [2.45, 2.75) is 52.0 Å². The van der Waals surface area contributed by atoms with Gasteiger partial charge in [0.25, 0.3) is 5.91 Å². The summed E-state index contributed by atoms with van der Waals surface area (Å²) >= 11 is 0. The number of carbonyl (C=O) groups is 2. The number of hydrogen-bond acceptors (Lipinski definition) is 3. The highest BCUT2D eigenvalue weighted by Crippen LogP contribution is 2.22. The molecule has 0 bridgehead atoms. The van der Waals surface area contributed by atoms with Gasteiger partial charge in [-0.15, -0.1) is 0 Å². The van der Waals surface area contributed by atoms with Crippen LogP contribution in [0.25, 0.3) is 0 Å². The van der Waals surface area contributed by atoms with Crippen molar-refractivity contribution in [1.29, 1.82) is 0 Å². The summed E-state index contributed by atoms with van der Waals surface area (Å²) in [6.07, 6.45) is 5.49. The Morgan fingerprint density at radius 3 is 2.67 bits per heavy atom. The molecule has 21 heavy (non-hydrogen) atoms. The van der Waals surface area contributed by atoms with Gasteiger partial charge in [0.1, 0.15) is 5.69 Å². The van der Waals surface area contributed by atoms with E-state index in [0.717, 1.165) is 31.6 Å². The summed E-state index contributed by atoms with van der Waals surface area (Å²) in [7, 11) is 0. The fourth-order valence-corrected chi connectivity index (χ4v) is 2.80. The van der Waals surface area contributed by atoms with E-state index >= 15 is 0 Å². The van der Waals surface area contributed by atoms with Crippen LogP contribution >= 0.6 is 0 Å². The van der Waals surface area contributed by atoms with Gasteiger partial charge in [-0.3, -0.25) is 4.79 Å². The normalized spacial score (nSPS) is 22.4. The largest absolute Gasteiger partial charge is 0.478 e. The zero-order valence-electron chi connectivity index (χ0n) is 12.6. The Bertz CT molecular complexity index is 542. The highest BCUT2D eigenvalue weighted by Gasteiger charge is 2.20. The first-order chi connectivity index (χ1) is 9.97. The highest BCUT2D eigenvalue weighted by molar-refractivity contribution is 5.94. The van der Waals surface area contributed by atoms with Crippen molar-refractivity contribution in [1.82, 2.24) is 10.3 Å². The standard InChI is InChI=1S/C16H22N2O3/c1-10-4-3-5-12(7-6-10)18-15(19)14-9-8-13(16(20)21)11(2)17-14/h8-10,12H,3-7H2,1-2H3,(H,18,19)(H,20,21). The van der Waals surface area contributed by atoms with Gasteiger partial charge in [-0.05, 0) is 44.2 Å². The number of carbonyl (C=O) groups excluding carboxylic acids is 1. The number of aromatic carboxylic acids is 1. The summed E-state index contributed by atoms with van der Waals surface area (Å²) in [5.41, 5.74) is 0.786. The SMILES string of the molecule is Cc1nc(C(=O)NC2CCCC(C)CC2)ccc1C(=O)O. The quantitative estimate of drug-likeness (QED) is 0.839. The van der Waals surface area contributed by atoms with E-state index in [9.17, 15) is 9.59 Å². The summed E-state index contributed by atoms with van der Waals surface area (Å²) in [6, 6.07) is 3.11. The Kier molecular flexibility index (Phi) is 4.94. The van der Waals surface area contributed by atoms with Crippen LogP contribution < -0.4 is 5.32 Å². The minimum Gasteiger partial charge on any atom is -0.478 e. The van der Waals surface area contributed by atoms with Crippen LogP contribution in [0.1, 0.15) is 65.6 Å². The van der Waals surface area contributed by atoms with Gasteiger partial charge in [0.05, 0.1) is 11.3 Å². The van der Waals surface area contributed by atoms with Gasteiger partial charge < -0.3 is 10.4 Å². The van der Waals surface area contributed by atoms with Crippen molar-refractivity contribution in [3.8, 4) is 0 Å². The van der Waals surface area contributed by atoms with Gasteiger partial charge in [-0.25, -0.2) is 9.78 Å². The zero-order valence-corrected chi connectivity index (χ0v) is 12.6. The van der Waals surface area contributed by atoms with Crippen molar-refractivity contribution < 1.29 is 14.7 Å². The molecular weight excluding hydrogens is 268 g/mol. The van der Waals surface area contributed by atoms with E-state index in [0.29, 0.717) is 5.69 Å². The number of aromatic nitrogens is 1. The molecule has 5 heteroatoms. The molecule has 1 amide bonds. The van der Waals surface area contributed by atoms with E-state index in [1.807, 2.05) is 0 Å². The Balaban J connectivity index is 2.03. The van der Waals surface area contributed by atoms with Gasteiger partial charge in [0.2, 0.25) is 0 Å². The van der Waals surface area contributed by atoms with Crippen LogP contribution in [-0.4, -0.2) is 28.0 Å². The van der Waals surface area contributed by atoms with Crippen molar-refractivity contribution in [2.75, 3.05) is 0 Å². The molecule has 2 N–H and O–H groups in total. The molecular formula is C16H22N2O3. The smallest absolute Gasteiger partial charge is 0.337 e. The van der Waals surface area contributed by atoms with Gasteiger partial charge in [0, 0.05) is 6.04 Å². The Morgan fingerprint density at radius 1 is 1.24 bits per heavy atom. The molecule has 0 aromatic carbocycles. The van der Waals surface area contributed by atoms with Gasteiger partial charge in [-0.2, -0.15) is 0 Å². The first-order valence-corrected chi connectivity index (χ1v) is 7.49. The number of nitrogens with one attached hydrogen (secondary N) is 1. The lowest BCUT2D eigenvalue weighted by Gasteiger charge is -2.16. The first-order valence-electron chi connectivity index (χ1n) is 7.49. The lowest BCUT2D eigenvalue weighted by Crippen LogP contribution is -2.35. The maximum Gasteiger partial charge on any atom is 0.337 e. The molecule has 0 saturated heterocycles. The van der Waals surface area contributed by atoms with Crippen LogP contribution in [0.5, 0.6) is 0 Å². The average Bonchev–Trinajstić information content (AvgIpc) is 2.63. The number of carboxylic acid groups (broad SMARTS) is 1. The molecule has 1 heterocycles. The third-order valence-corrected chi connectivity index (χ3v) is 4.14. The van der Waals surface area contributed by atoms with Crippen molar-refractivity contribution in [2.24, 2.45) is 5.92 Å². The van der Waals surface area contributed by atoms with Crippen LogP contribution in [0.15, 0.2) is 12.1 Å². The van der Waals surface area contributed by atoms with Crippen LogP contribution in [-0.2, 0) is 0 Å². The minimum absolute atomic E-state index is 0.134. The van der Waals surface area contributed by atoms with E-state index in [1.165, 1.54) is 18.6 Å². The number of rotatable bonds is 3. The topological polar surface area (TPSA) is 79.3 Å². The lowest BCUT2D eigenvalue weighted by atomic mass is 10.0. The summed E-state index contributed by atoms with van der Waals surface area (Å²) < 4.78 is 0. The number of amides is 1. The van der Waals surface area contributed by atoms with Gasteiger partial charge in [-0.1, -0.05) is 19.8 Å². The number of pyridine rings is 1. The molecule has 0 spiro atoms. The first kappa shape index (κ1) is 15.5. The number of carboxylic acids is 1. The number of nitrogens with zero attached hydrogens (tertiary/aromatic N) is 1. The molecule has 1 saturated carbocycles.